The summed E-state index contributed by atoms with van der Waals surface area (Å²) >= 11 is 1.42. The standard InChI is InChI=1S/C19H23N3O4S/c1-13-18(27-14(2)20-13)19(24)22-10-8-21(9-11-22)17(23)12-26-16-7-5-4-6-15(16)25-3/h4-7H,8-12H2,1-3H3. The first-order valence-corrected chi connectivity index (χ1v) is 9.58. The average Bonchev–Trinajstić information content (AvgIpc) is 3.03. The monoisotopic (exact) mass is 389 g/mol. The van der Waals surface area contributed by atoms with E-state index in [1.807, 2.05) is 26.0 Å². The molecule has 0 unspecified atom stereocenters. The van der Waals surface area contributed by atoms with Gasteiger partial charge in [0.2, 0.25) is 0 Å². The molecule has 27 heavy (non-hydrogen) atoms. The van der Waals surface area contributed by atoms with Crippen molar-refractivity contribution in [3.8, 4) is 11.5 Å². The van der Waals surface area contributed by atoms with Crippen LogP contribution >= 0.6 is 11.3 Å². The smallest absolute Gasteiger partial charge is 0.265 e. The Kier molecular flexibility index (Phi) is 5.95. The molecule has 1 aromatic heterocycles. The lowest BCUT2D eigenvalue weighted by Crippen LogP contribution is -2.51. The topological polar surface area (TPSA) is 72.0 Å². The van der Waals surface area contributed by atoms with Crippen LogP contribution in [0.5, 0.6) is 11.5 Å². The number of thiazole rings is 1. The zero-order valence-electron chi connectivity index (χ0n) is 15.7. The van der Waals surface area contributed by atoms with E-state index in [4.69, 9.17) is 9.47 Å². The van der Waals surface area contributed by atoms with Crippen LogP contribution in [0.2, 0.25) is 0 Å². The molecule has 0 bridgehead atoms. The number of hydrogen-bond acceptors (Lipinski definition) is 6. The summed E-state index contributed by atoms with van der Waals surface area (Å²) in [6, 6.07) is 7.22. The van der Waals surface area contributed by atoms with Crippen molar-refractivity contribution in [3.63, 3.8) is 0 Å². The lowest BCUT2D eigenvalue weighted by molar-refractivity contribution is -0.134. The molecule has 1 fully saturated rings. The second-order valence-corrected chi connectivity index (χ2v) is 7.46. The van der Waals surface area contributed by atoms with Gasteiger partial charge in [0.15, 0.2) is 18.1 Å². The molecule has 144 valence electrons. The summed E-state index contributed by atoms with van der Waals surface area (Å²) in [5.74, 6) is 1.03. The van der Waals surface area contributed by atoms with Gasteiger partial charge in [-0.1, -0.05) is 12.1 Å². The molecule has 0 aliphatic carbocycles. The number of ether oxygens (including phenoxy) is 2. The number of rotatable bonds is 5. The summed E-state index contributed by atoms with van der Waals surface area (Å²) in [6.45, 7) is 5.71. The number of carbonyl (C=O) groups is 2. The number of benzene rings is 1. The largest absolute Gasteiger partial charge is 0.493 e. The van der Waals surface area contributed by atoms with Gasteiger partial charge in [0.25, 0.3) is 11.8 Å². The zero-order chi connectivity index (χ0) is 19.4. The fourth-order valence-corrected chi connectivity index (χ4v) is 3.89. The van der Waals surface area contributed by atoms with E-state index in [9.17, 15) is 9.59 Å². The van der Waals surface area contributed by atoms with Crippen LogP contribution in [0.4, 0.5) is 0 Å². The van der Waals surface area contributed by atoms with Gasteiger partial charge in [-0.15, -0.1) is 11.3 Å². The normalized spacial score (nSPS) is 14.2. The Morgan fingerprint density at radius 1 is 1.07 bits per heavy atom. The van der Waals surface area contributed by atoms with Crippen molar-refractivity contribution in [1.29, 1.82) is 0 Å². The molecule has 0 spiro atoms. The van der Waals surface area contributed by atoms with Gasteiger partial charge in [-0.2, -0.15) is 0 Å². The second-order valence-electron chi connectivity index (χ2n) is 6.26. The number of aromatic nitrogens is 1. The fraction of sp³-hybridized carbons (Fsp3) is 0.421. The van der Waals surface area contributed by atoms with Crippen LogP contribution in [0, 0.1) is 13.8 Å². The van der Waals surface area contributed by atoms with E-state index in [0.717, 1.165) is 10.7 Å². The van der Waals surface area contributed by atoms with Crippen LogP contribution in [-0.2, 0) is 4.79 Å². The molecule has 0 atom stereocenters. The third-order valence-corrected chi connectivity index (χ3v) is 5.50. The molecule has 2 amide bonds. The minimum absolute atomic E-state index is 0.00419. The molecule has 0 radical (unpaired) electrons. The minimum Gasteiger partial charge on any atom is -0.493 e. The zero-order valence-corrected chi connectivity index (χ0v) is 16.5. The van der Waals surface area contributed by atoms with Gasteiger partial charge in [0.1, 0.15) is 4.88 Å². The summed E-state index contributed by atoms with van der Waals surface area (Å²) < 4.78 is 10.8. The van der Waals surface area contributed by atoms with Gasteiger partial charge in [0.05, 0.1) is 17.8 Å². The van der Waals surface area contributed by atoms with Crippen LogP contribution in [0.25, 0.3) is 0 Å². The SMILES string of the molecule is COc1ccccc1OCC(=O)N1CCN(C(=O)c2sc(C)nc2C)CC1. The quantitative estimate of drug-likeness (QED) is 0.783. The lowest BCUT2D eigenvalue weighted by Gasteiger charge is -2.34. The average molecular weight is 389 g/mol. The van der Waals surface area contributed by atoms with Crippen LogP contribution in [0.15, 0.2) is 24.3 Å². The number of nitrogens with zero attached hydrogens (tertiary/aromatic N) is 3. The lowest BCUT2D eigenvalue weighted by atomic mass is 10.2. The number of piperazine rings is 1. The van der Waals surface area contributed by atoms with Gasteiger partial charge in [0, 0.05) is 26.2 Å². The van der Waals surface area contributed by atoms with Crippen LogP contribution < -0.4 is 9.47 Å². The predicted octanol–water partition coefficient (Wildman–Crippen LogP) is 2.13. The van der Waals surface area contributed by atoms with Gasteiger partial charge < -0.3 is 19.3 Å². The predicted molar refractivity (Wildman–Crippen MR) is 103 cm³/mol. The van der Waals surface area contributed by atoms with Crippen molar-refractivity contribution in [1.82, 2.24) is 14.8 Å². The third-order valence-electron chi connectivity index (χ3n) is 4.44. The summed E-state index contributed by atoms with van der Waals surface area (Å²) in [7, 11) is 1.56. The highest BCUT2D eigenvalue weighted by Crippen LogP contribution is 2.25. The molecule has 0 N–H and O–H groups in total. The molecule has 2 aromatic rings. The number of para-hydroxylation sites is 2. The van der Waals surface area contributed by atoms with Crippen LogP contribution in [0.3, 0.4) is 0 Å². The molecular weight excluding hydrogens is 366 g/mol. The number of aryl methyl sites for hydroxylation is 2. The number of carbonyl (C=O) groups excluding carboxylic acids is 2. The van der Waals surface area contributed by atoms with Gasteiger partial charge in [-0.05, 0) is 26.0 Å². The van der Waals surface area contributed by atoms with Gasteiger partial charge in [-0.25, -0.2) is 4.98 Å². The van der Waals surface area contributed by atoms with Crippen molar-refractivity contribution in [2.45, 2.75) is 13.8 Å². The maximum Gasteiger partial charge on any atom is 0.265 e. The summed E-state index contributed by atoms with van der Waals surface area (Å²) in [4.78, 5) is 33.6. The Labute approximate surface area is 162 Å². The van der Waals surface area contributed by atoms with Gasteiger partial charge in [-0.3, -0.25) is 9.59 Å². The molecule has 1 aliphatic rings. The Balaban J connectivity index is 1.52. The maximum atomic E-state index is 12.6. The number of hydrogen-bond donors (Lipinski definition) is 0. The van der Waals surface area contributed by atoms with Crippen molar-refractivity contribution in [3.05, 3.63) is 39.8 Å². The Morgan fingerprint density at radius 3 is 2.30 bits per heavy atom. The van der Waals surface area contributed by atoms with Crippen molar-refractivity contribution < 1.29 is 19.1 Å². The summed E-state index contributed by atoms with van der Waals surface area (Å²) in [5, 5.41) is 0.887. The molecule has 1 saturated heterocycles. The molecule has 1 aromatic carbocycles. The highest BCUT2D eigenvalue weighted by atomic mass is 32.1. The first kappa shape index (κ1) is 19.2. The van der Waals surface area contributed by atoms with E-state index in [1.165, 1.54) is 11.3 Å². The Morgan fingerprint density at radius 2 is 1.70 bits per heavy atom. The van der Waals surface area contributed by atoms with Crippen LogP contribution in [-0.4, -0.2) is 66.5 Å². The van der Waals surface area contributed by atoms with Crippen molar-refractivity contribution >= 4 is 23.2 Å². The summed E-state index contributed by atoms with van der Waals surface area (Å²) in [6.07, 6.45) is 0. The summed E-state index contributed by atoms with van der Waals surface area (Å²) in [5.41, 5.74) is 0.770. The highest BCUT2D eigenvalue weighted by molar-refractivity contribution is 7.13. The van der Waals surface area contributed by atoms with Crippen molar-refractivity contribution in [2.75, 3.05) is 39.9 Å². The number of methoxy groups -OCH3 is 1. The molecule has 8 heteroatoms. The van der Waals surface area contributed by atoms with E-state index in [0.29, 0.717) is 42.6 Å². The van der Waals surface area contributed by atoms with E-state index in [-0.39, 0.29) is 18.4 Å². The van der Waals surface area contributed by atoms with Crippen LogP contribution in [0.1, 0.15) is 20.4 Å². The van der Waals surface area contributed by atoms with E-state index in [1.54, 1.807) is 29.0 Å². The molecule has 3 rings (SSSR count). The molecule has 2 heterocycles. The number of amides is 2. The highest BCUT2D eigenvalue weighted by Gasteiger charge is 2.27. The van der Waals surface area contributed by atoms with E-state index >= 15 is 0 Å². The first-order chi connectivity index (χ1) is 13.0. The fourth-order valence-electron chi connectivity index (χ4n) is 3.00. The third kappa shape index (κ3) is 4.39. The minimum atomic E-state index is -0.0992. The Hall–Kier alpha value is -2.61. The van der Waals surface area contributed by atoms with E-state index in [2.05, 4.69) is 4.98 Å². The van der Waals surface area contributed by atoms with E-state index < -0.39 is 0 Å². The molecule has 7 nitrogen and oxygen atoms in total. The molecule has 1 aliphatic heterocycles. The first-order valence-electron chi connectivity index (χ1n) is 8.76. The second kappa shape index (κ2) is 8.39. The van der Waals surface area contributed by atoms with Crippen molar-refractivity contribution in [2.24, 2.45) is 0 Å². The molecular formula is C19H23N3O4S. The van der Waals surface area contributed by atoms with Gasteiger partial charge >= 0.3 is 0 Å². The molecule has 0 saturated carbocycles. The maximum absolute atomic E-state index is 12.6. The Bertz CT molecular complexity index is 828.